The van der Waals surface area contributed by atoms with Gasteiger partial charge in [0, 0.05) is 5.75 Å². The Balaban J connectivity index is 2.27. The fourth-order valence-electron chi connectivity index (χ4n) is 0.815. The topological polar surface area (TPSA) is 41.1 Å². The predicted molar refractivity (Wildman–Crippen MR) is 61.3 cm³/mol. The van der Waals surface area contributed by atoms with Crippen molar-refractivity contribution in [2.75, 3.05) is 11.2 Å². The highest BCUT2D eigenvalue weighted by Gasteiger charge is 1.98. The summed E-state index contributed by atoms with van der Waals surface area (Å²) < 4.78 is 0. The van der Waals surface area contributed by atoms with E-state index in [1.165, 1.54) is 11.8 Å². The van der Waals surface area contributed by atoms with Gasteiger partial charge in [-0.25, -0.2) is 0 Å². The van der Waals surface area contributed by atoms with Gasteiger partial charge in [0.2, 0.25) is 0 Å². The fraction of sp³-hybridized carbons (Fsp3) is 0.100. The van der Waals surface area contributed by atoms with Crippen LogP contribution < -0.4 is 10.9 Å². The van der Waals surface area contributed by atoms with Gasteiger partial charge < -0.3 is 0 Å². The van der Waals surface area contributed by atoms with Crippen molar-refractivity contribution in [3.05, 3.63) is 43.0 Å². The zero-order chi connectivity index (χ0) is 10.2. The first kappa shape index (κ1) is 10.7. The van der Waals surface area contributed by atoms with Crippen molar-refractivity contribution in [3.8, 4) is 0 Å². The second-order valence-corrected chi connectivity index (χ2v) is 3.50. The zero-order valence-corrected chi connectivity index (χ0v) is 8.51. The third-order valence-corrected chi connectivity index (χ3v) is 2.18. The van der Waals surface area contributed by atoms with Crippen molar-refractivity contribution in [2.45, 2.75) is 0 Å². The SMILES string of the molecule is C=CCSC(=O)NNc1ccccc1. The van der Waals surface area contributed by atoms with Gasteiger partial charge in [0.05, 0.1) is 5.69 Å². The lowest BCUT2D eigenvalue weighted by Gasteiger charge is -2.06. The summed E-state index contributed by atoms with van der Waals surface area (Å²) in [4.78, 5) is 11.1. The number of para-hydroxylation sites is 1. The summed E-state index contributed by atoms with van der Waals surface area (Å²) in [5.41, 5.74) is 6.22. The first-order chi connectivity index (χ1) is 6.83. The van der Waals surface area contributed by atoms with Gasteiger partial charge in [-0.15, -0.1) is 6.58 Å². The van der Waals surface area contributed by atoms with Crippen LogP contribution in [-0.2, 0) is 0 Å². The first-order valence-corrected chi connectivity index (χ1v) is 5.16. The lowest BCUT2D eigenvalue weighted by atomic mass is 10.3. The standard InChI is InChI=1S/C10H12N2OS/c1-2-8-14-10(13)12-11-9-6-4-3-5-7-9/h2-7,11H,1,8H2,(H,12,13). The second kappa shape index (κ2) is 6.10. The maximum Gasteiger partial charge on any atom is 0.297 e. The van der Waals surface area contributed by atoms with E-state index in [9.17, 15) is 4.79 Å². The molecule has 0 aliphatic carbocycles. The highest BCUT2D eigenvalue weighted by Crippen LogP contribution is 2.05. The molecular formula is C10H12N2OS. The molecule has 0 heterocycles. The molecule has 0 aliphatic heterocycles. The molecule has 0 radical (unpaired) electrons. The number of hydrogen-bond acceptors (Lipinski definition) is 3. The van der Waals surface area contributed by atoms with Crippen LogP contribution in [0.25, 0.3) is 0 Å². The van der Waals surface area contributed by atoms with Gasteiger partial charge >= 0.3 is 0 Å². The van der Waals surface area contributed by atoms with Gasteiger partial charge in [0.1, 0.15) is 0 Å². The van der Waals surface area contributed by atoms with Crippen molar-refractivity contribution < 1.29 is 4.79 Å². The number of thioether (sulfide) groups is 1. The van der Waals surface area contributed by atoms with Gasteiger partial charge in [0.25, 0.3) is 5.24 Å². The number of carbonyl (C=O) groups is 1. The molecule has 0 aromatic heterocycles. The van der Waals surface area contributed by atoms with Gasteiger partial charge in [0.15, 0.2) is 0 Å². The Bertz CT molecular complexity index is 300. The minimum atomic E-state index is -0.117. The van der Waals surface area contributed by atoms with Crippen molar-refractivity contribution in [1.29, 1.82) is 0 Å². The van der Waals surface area contributed by atoms with Gasteiger partial charge in [-0.3, -0.25) is 15.6 Å². The quantitative estimate of drug-likeness (QED) is 0.590. The van der Waals surface area contributed by atoms with Crippen LogP contribution in [0.15, 0.2) is 43.0 Å². The Morgan fingerprint density at radius 3 is 2.79 bits per heavy atom. The van der Waals surface area contributed by atoms with E-state index in [2.05, 4.69) is 17.4 Å². The van der Waals surface area contributed by atoms with Crippen LogP contribution in [0.5, 0.6) is 0 Å². The smallest absolute Gasteiger partial charge is 0.297 e. The molecule has 0 bridgehead atoms. The van der Waals surface area contributed by atoms with E-state index in [1.807, 2.05) is 30.3 Å². The number of hydrazine groups is 1. The maximum absolute atomic E-state index is 11.1. The molecule has 0 saturated heterocycles. The summed E-state index contributed by atoms with van der Waals surface area (Å²) in [5, 5.41) is -0.117. The molecule has 0 saturated carbocycles. The number of benzene rings is 1. The fourth-order valence-corrected chi connectivity index (χ4v) is 1.21. The predicted octanol–water partition coefficient (Wildman–Crippen LogP) is 2.64. The van der Waals surface area contributed by atoms with E-state index in [0.717, 1.165) is 5.69 Å². The Kier molecular flexibility index (Phi) is 4.64. The third-order valence-electron chi connectivity index (χ3n) is 1.41. The number of nitrogens with one attached hydrogen (secondary N) is 2. The molecule has 4 heteroatoms. The maximum atomic E-state index is 11.1. The Labute approximate surface area is 87.6 Å². The summed E-state index contributed by atoms with van der Waals surface area (Å²) in [7, 11) is 0. The van der Waals surface area contributed by atoms with Crippen LogP contribution in [0.1, 0.15) is 0 Å². The van der Waals surface area contributed by atoms with Crippen LogP contribution in [0, 0.1) is 0 Å². The highest BCUT2D eigenvalue weighted by atomic mass is 32.2. The molecule has 0 spiro atoms. The number of anilines is 1. The number of hydrogen-bond donors (Lipinski definition) is 2. The van der Waals surface area contributed by atoms with Crippen molar-refractivity contribution in [1.82, 2.24) is 5.43 Å². The minimum absolute atomic E-state index is 0.117. The summed E-state index contributed by atoms with van der Waals surface area (Å²) >= 11 is 1.17. The molecule has 14 heavy (non-hydrogen) atoms. The van der Waals surface area contributed by atoms with E-state index < -0.39 is 0 Å². The Morgan fingerprint density at radius 2 is 2.14 bits per heavy atom. The molecule has 1 amide bonds. The molecule has 0 aliphatic rings. The molecule has 1 aromatic rings. The van der Waals surface area contributed by atoms with Crippen LogP contribution in [0.2, 0.25) is 0 Å². The average molecular weight is 208 g/mol. The third kappa shape index (κ3) is 4.00. The monoisotopic (exact) mass is 208 g/mol. The molecule has 1 rings (SSSR count). The summed E-state index contributed by atoms with van der Waals surface area (Å²) in [5.74, 6) is 0.613. The molecular weight excluding hydrogens is 196 g/mol. The summed E-state index contributed by atoms with van der Waals surface area (Å²) in [6, 6.07) is 9.45. The van der Waals surface area contributed by atoms with E-state index in [1.54, 1.807) is 6.08 Å². The molecule has 0 atom stereocenters. The van der Waals surface area contributed by atoms with Crippen molar-refractivity contribution in [2.24, 2.45) is 0 Å². The van der Waals surface area contributed by atoms with Gasteiger partial charge in [-0.1, -0.05) is 36.0 Å². The van der Waals surface area contributed by atoms with Gasteiger partial charge in [-0.05, 0) is 12.1 Å². The van der Waals surface area contributed by atoms with Crippen LogP contribution in [-0.4, -0.2) is 11.0 Å². The molecule has 0 fully saturated rings. The highest BCUT2D eigenvalue weighted by molar-refractivity contribution is 8.13. The average Bonchev–Trinajstić information content (AvgIpc) is 2.25. The molecule has 74 valence electrons. The van der Waals surface area contributed by atoms with E-state index in [0.29, 0.717) is 5.75 Å². The minimum Gasteiger partial charge on any atom is -0.298 e. The lowest BCUT2D eigenvalue weighted by molar-refractivity contribution is 0.262. The summed E-state index contributed by atoms with van der Waals surface area (Å²) in [6.07, 6.45) is 1.69. The second-order valence-electron chi connectivity index (χ2n) is 2.50. The van der Waals surface area contributed by atoms with E-state index in [-0.39, 0.29) is 5.24 Å². The molecule has 2 N–H and O–H groups in total. The van der Waals surface area contributed by atoms with Crippen LogP contribution >= 0.6 is 11.8 Å². The molecule has 0 unspecified atom stereocenters. The number of rotatable bonds is 4. The van der Waals surface area contributed by atoms with Gasteiger partial charge in [-0.2, -0.15) is 0 Å². The van der Waals surface area contributed by atoms with Crippen LogP contribution in [0.4, 0.5) is 10.5 Å². The normalized spacial score (nSPS) is 9.14. The molecule has 1 aromatic carbocycles. The Morgan fingerprint density at radius 1 is 1.43 bits per heavy atom. The zero-order valence-electron chi connectivity index (χ0n) is 7.69. The van der Waals surface area contributed by atoms with Crippen molar-refractivity contribution in [3.63, 3.8) is 0 Å². The summed E-state index contributed by atoms with van der Waals surface area (Å²) in [6.45, 7) is 3.53. The largest absolute Gasteiger partial charge is 0.298 e. The van der Waals surface area contributed by atoms with Crippen molar-refractivity contribution >= 4 is 22.7 Å². The van der Waals surface area contributed by atoms with E-state index in [4.69, 9.17) is 0 Å². The Hall–Kier alpha value is -1.42. The van der Waals surface area contributed by atoms with Crippen LogP contribution in [0.3, 0.4) is 0 Å². The molecule has 3 nitrogen and oxygen atoms in total. The van der Waals surface area contributed by atoms with E-state index >= 15 is 0 Å². The number of amides is 1. The number of carbonyl (C=O) groups excluding carboxylic acids is 1. The first-order valence-electron chi connectivity index (χ1n) is 4.17. The lowest BCUT2D eigenvalue weighted by Crippen LogP contribution is -2.25.